The quantitative estimate of drug-likeness (QED) is 0.571. The number of carbonyl (C=O) groups is 2. The predicted octanol–water partition coefficient (Wildman–Crippen LogP) is 3.76. The second-order valence-corrected chi connectivity index (χ2v) is 6.39. The van der Waals surface area contributed by atoms with Gasteiger partial charge in [-0.25, -0.2) is 0 Å². The van der Waals surface area contributed by atoms with Crippen molar-refractivity contribution in [1.29, 1.82) is 0 Å². The second kappa shape index (κ2) is 10.3. The molecule has 6 nitrogen and oxygen atoms in total. The summed E-state index contributed by atoms with van der Waals surface area (Å²) in [6.45, 7) is 7.00. The zero-order valence-electron chi connectivity index (χ0n) is 17.0. The molecular weight excluding hydrogens is 356 g/mol. The Kier molecular flexibility index (Phi) is 7.87. The molecule has 1 aromatic rings. The fourth-order valence-electron chi connectivity index (χ4n) is 2.64. The highest BCUT2D eigenvalue weighted by Gasteiger charge is 2.21. The molecule has 1 aromatic carbocycles. The van der Waals surface area contributed by atoms with Crippen LogP contribution in [0.1, 0.15) is 37.6 Å². The number of hydrogen-bond donors (Lipinski definition) is 0. The van der Waals surface area contributed by atoms with Gasteiger partial charge in [0, 0.05) is 30.9 Å². The fourth-order valence-corrected chi connectivity index (χ4v) is 2.64. The van der Waals surface area contributed by atoms with E-state index >= 15 is 0 Å². The lowest BCUT2D eigenvalue weighted by Crippen LogP contribution is -2.34. The van der Waals surface area contributed by atoms with Crippen LogP contribution in [0.25, 0.3) is 0 Å². The number of allylic oxidation sites excluding steroid dienone is 3. The molecule has 0 N–H and O–H groups in total. The van der Waals surface area contributed by atoms with E-state index in [-0.39, 0.29) is 25.0 Å². The van der Waals surface area contributed by atoms with Gasteiger partial charge in [0.2, 0.25) is 6.79 Å². The van der Waals surface area contributed by atoms with E-state index in [2.05, 4.69) is 0 Å². The number of nitrogens with zero attached hydrogens (tertiary/aromatic N) is 2. The Morgan fingerprint density at radius 1 is 1.18 bits per heavy atom. The smallest absolute Gasteiger partial charge is 0.251 e. The maximum absolute atomic E-state index is 12.5. The van der Waals surface area contributed by atoms with E-state index in [9.17, 15) is 9.59 Å². The van der Waals surface area contributed by atoms with Crippen LogP contribution in [-0.4, -0.2) is 48.4 Å². The normalized spacial score (nSPS) is 14.4. The van der Waals surface area contributed by atoms with Gasteiger partial charge in [0.15, 0.2) is 17.3 Å². The molecule has 3 rings (SSSR count). The van der Waals surface area contributed by atoms with Crippen LogP contribution in [0.5, 0.6) is 11.5 Å². The average Bonchev–Trinajstić information content (AvgIpc) is 3.21. The van der Waals surface area contributed by atoms with Gasteiger partial charge in [0.05, 0.1) is 6.54 Å². The number of fused-ring (bicyclic) bond motifs is 1. The lowest BCUT2D eigenvalue weighted by Gasteiger charge is -2.23. The molecule has 0 radical (unpaired) electrons. The topological polar surface area (TPSA) is 59.1 Å². The van der Waals surface area contributed by atoms with Crippen LogP contribution >= 0.6 is 0 Å². The molecule has 150 valence electrons. The predicted molar refractivity (Wildman–Crippen MR) is 109 cm³/mol. The monoisotopic (exact) mass is 384 g/mol. The van der Waals surface area contributed by atoms with Gasteiger partial charge in [0.1, 0.15) is 0 Å². The van der Waals surface area contributed by atoms with Crippen LogP contribution in [0.15, 0.2) is 54.4 Å². The number of hydrogen-bond acceptors (Lipinski definition) is 5. The summed E-state index contributed by atoms with van der Waals surface area (Å²) < 4.78 is 10.5. The molecule has 0 fully saturated rings. The first-order valence-corrected chi connectivity index (χ1v) is 9.38. The van der Waals surface area contributed by atoms with E-state index in [1.54, 1.807) is 25.2 Å². The van der Waals surface area contributed by atoms with Gasteiger partial charge >= 0.3 is 0 Å². The first kappa shape index (κ1) is 21.3. The van der Waals surface area contributed by atoms with Gasteiger partial charge in [-0.2, -0.15) is 0 Å². The standard InChI is InChI=1S/C18H20N2O4.C4H8/c1-3-20-8-4-5-14(10-20)18(22)19(2)11-15(21)13-6-7-16-17(9-13)24-12-23-16;1-3-4-2/h4,6-10H,3,5,11-12H2,1-2H3;3-4H,1-2H3/b;4-3-. The Morgan fingerprint density at radius 2 is 1.89 bits per heavy atom. The SMILES string of the molecule is C/C=C\C.CCN1C=CCC(C(=O)N(C)CC(=O)c2ccc3c(c2)OCO3)=C1. The third-order valence-electron chi connectivity index (χ3n) is 4.35. The summed E-state index contributed by atoms with van der Waals surface area (Å²) in [6.07, 6.45) is 10.3. The molecule has 0 saturated heterocycles. The number of likely N-dealkylation sites (N-methyl/N-ethyl adjacent to an activating group) is 1. The molecule has 0 aromatic heterocycles. The molecule has 2 aliphatic rings. The molecule has 0 bridgehead atoms. The number of ether oxygens (including phenoxy) is 2. The molecule has 2 aliphatic heterocycles. The van der Waals surface area contributed by atoms with Crippen molar-refractivity contribution in [2.24, 2.45) is 0 Å². The zero-order chi connectivity index (χ0) is 20.5. The minimum atomic E-state index is -0.136. The van der Waals surface area contributed by atoms with Gasteiger partial charge in [0.25, 0.3) is 5.91 Å². The molecule has 0 unspecified atom stereocenters. The van der Waals surface area contributed by atoms with Gasteiger partial charge in [-0.05, 0) is 51.6 Å². The van der Waals surface area contributed by atoms with Crippen molar-refractivity contribution in [3.8, 4) is 11.5 Å². The Bertz CT molecular complexity index is 792. The van der Waals surface area contributed by atoms with Crippen molar-refractivity contribution in [2.45, 2.75) is 27.2 Å². The highest BCUT2D eigenvalue weighted by molar-refractivity contribution is 6.02. The Labute approximate surface area is 166 Å². The number of carbonyl (C=O) groups excluding carboxylic acids is 2. The van der Waals surface area contributed by atoms with E-state index in [4.69, 9.17) is 9.47 Å². The number of amides is 1. The van der Waals surface area contributed by atoms with E-state index in [1.165, 1.54) is 4.90 Å². The number of Topliss-reactive ketones (excluding diaryl/α,β-unsaturated/α-hetero) is 1. The number of ketones is 1. The van der Waals surface area contributed by atoms with Crippen LogP contribution in [0, 0.1) is 0 Å². The van der Waals surface area contributed by atoms with Crippen molar-refractivity contribution in [3.63, 3.8) is 0 Å². The van der Waals surface area contributed by atoms with Crippen LogP contribution in [0.4, 0.5) is 0 Å². The summed E-state index contributed by atoms with van der Waals surface area (Å²) in [4.78, 5) is 28.3. The zero-order valence-corrected chi connectivity index (χ0v) is 17.0. The Hall–Kier alpha value is -3.02. The lowest BCUT2D eigenvalue weighted by atomic mass is 10.1. The highest BCUT2D eigenvalue weighted by Crippen LogP contribution is 2.32. The van der Waals surface area contributed by atoms with E-state index < -0.39 is 0 Å². The van der Waals surface area contributed by atoms with E-state index in [1.807, 2.05) is 56.3 Å². The van der Waals surface area contributed by atoms with Gasteiger partial charge < -0.3 is 19.3 Å². The van der Waals surface area contributed by atoms with Gasteiger partial charge in [-0.3, -0.25) is 9.59 Å². The number of benzene rings is 1. The van der Waals surface area contributed by atoms with Gasteiger partial charge in [-0.1, -0.05) is 18.2 Å². The molecule has 2 heterocycles. The minimum absolute atomic E-state index is 0.0195. The molecule has 0 aliphatic carbocycles. The molecule has 6 heteroatoms. The molecule has 28 heavy (non-hydrogen) atoms. The maximum Gasteiger partial charge on any atom is 0.251 e. The third kappa shape index (κ3) is 5.49. The summed E-state index contributed by atoms with van der Waals surface area (Å²) in [5, 5.41) is 0. The minimum Gasteiger partial charge on any atom is -0.454 e. The molecular formula is C22H28N2O4. The van der Waals surface area contributed by atoms with Crippen molar-refractivity contribution >= 4 is 11.7 Å². The second-order valence-electron chi connectivity index (χ2n) is 6.39. The Balaban J connectivity index is 0.000000640. The van der Waals surface area contributed by atoms with Crippen LogP contribution in [0.3, 0.4) is 0 Å². The number of rotatable bonds is 5. The molecule has 0 saturated carbocycles. The molecule has 0 spiro atoms. The summed E-state index contributed by atoms with van der Waals surface area (Å²) in [5.41, 5.74) is 1.19. The molecule has 0 atom stereocenters. The lowest BCUT2D eigenvalue weighted by molar-refractivity contribution is -0.125. The van der Waals surface area contributed by atoms with Crippen molar-refractivity contribution in [2.75, 3.05) is 26.9 Å². The first-order chi connectivity index (χ1) is 13.5. The highest BCUT2D eigenvalue weighted by atomic mass is 16.7. The van der Waals surface area contributed by atoms with Crippen molar-refractivity contribution in [1.82, 2.24) is 9.80 Å². The average molecular weight is 384 g/mol. The van der Waals surface area contributed by atoms with Crippen molar-refractivity contribution < 1.29 is 19.1 Å². The fraction of sp³-hybridized carbons (Fsp3) is 0.364. The Morgan fingerprint density at radius 3 is 2.57 bits per heavy atom. The summed E-state index contributed by atoms with van der Waals surface area (Å²) in [5.74, 6) is 0.929. The van der Waals surface area contributed by atoms with Crippen LogP contribution in [0.2, 0.25) is 0 Å². The molecule has 1 amide bonds. The van der Waals surface area contributed by atoms with Crippen molar-refractivity contribution in [3.05, 3.63) is 60.0 Å². The first-order valence-electron chi connectivity index (χ1n) is 9.38. The summed E-state index contributed by atoms with van der Waals surface area (Å²) in [6, 6.07) is 5.06. The van der Waals surface area contributed by atoms with Crippen LogP contribution in [-0.2, 0) is 4.79 Å². The largest absolute Gasteiger partial charge is 0.454 e. The van der Waals surface area contributed by atoms with E-state index in [0.717, 1.165) is 6.54 Å². The summed E-state index contributed by atoms with van der Waals surface area (Å²) >= 11 is 0. The van der Waals surface area contributed by atoms with E-state index in [0.29, 0.717) is 29.1 Å². The summed E-state index contributed by atoms with van der Waals surface area (Å²) in [7, 11) is 1.64. The third-order valence-corrected chi connectivity index (χ3v) is 4.35. The van der Waals surface area contributed by atoms with Gasteiger partial charge in [-0.15, -0.1) is 0 Å². The van der Waals surface area contributed by atoms with Crippen LogP contribution < -0.4 is 9.47 Å². The maximum atomic E-state index is 12.5.